The van der Waals surface area contributed by atoms with Crippen molar-refractivity contribution in [1.82, 2.24) is 4.98 Å². The van der Waals surface area contributed by atoms with Crippen molar-refractivity contribution >= 4 is 17.6 Å². The Morgan fingerprint density at radius 3 is 2.35 bits per heavy atom. The molecule has 2 N–H and O–H groups in total. The van der Waals surface area contributed by atoms with Gasteiger partial charge in [0.15, 0.2) is 5.82 Å². The van der Waals surface area contributed by atoms with Crippen LogP contribution in [0.15, 0.2) is 36.5 Å². The van der Waals surface area contributed by atoms with Gasteiger partial charge >= 0.3 is 5.97 Å². The first kappa shape index (κ1) is 13.6. The van der Waals surface area contributed by atoms with Crippen LogP contribution in [-0.2, 0) is 0 Å². The molecule has 1 aromatic heterocycles. The van der Waals surface area contributed by atoms with Crippen molar-refractivity contribution in [2.75, 3.05) is 5.32 Å². The number of carbonyl (C=O) groups is 2. The van der Waals surface area contributed by atoms with Gasteiger partial charge in [0.2, 0.25) is 5.95 Å². The molecule has 0 spiro atoms. The van der Waals surface area contributed by atoms with E-state index in [2.05, 4.69) is 10.3 Å². The number of benzene rings is 1. The third-order valence-electron chi connectivity index (χ3n) is 2.48. The first-order valence-electron chi connectivity index (χ1n) is 5.44. The molecule has 7 heteroatoms. The highest BCUT2D eigenvalue weighted by molar-refractivity contribution is 6.04. The normalized spacial score (nSPS) is 10.1. The molecule has 1 heterocycles. The van der Waals surface area contributed by atoms with Gasteiger partial charge in [-0.15, -0.1) is 0 Å². The number of nitrogens with zero attached hydrogens (tertiary/aromatic N) is 1. The molecule has 20 heavy (non-hydrogen) atoms. The minimum absolute atomic E-state index is 0.0455. The van der Waals surface area contributed by atoms with Crippen molar-refractivity contribution < 1.29 is 23.5 Å². The van der Waals surface area contributed by atoms with E-state index in [1.165, 1.54) is 24.3 Å². The number of halogens is 2. The fraction of sp³-hybridized carbons (Fsp3) is 0. The van der Waals surface area contributed by atoms with E-state index in [4.69, 9.17) is 5.11 Å². The summed E-state index contributed by atoms with van der Waals surface area (Å²) in [6, 6.07) is 6.29. The Kier molecular flexibility index (Phi) is 3.69. The second-order valence-corrected chi connectivity index (χ2v) is 3.80. The monoisotopic (exact) mass is 278 g/mol. The maximum Gasteiger partial charge on any atom is 0.335 e. The number of hydrogen-bond acceptors (Lipinski definition) is 3. The summed E-state index contributed by atoms with van der Waals surface area (Å²) in [5, 5.41) is 11.0. The van der Waals surface area contributed by atoms with Gasteiger partial charge in [-0.1, -0.05) is 0 Å². The van der Waals surface area contributed by atoms with E-state index >= 15 is 0 Å². The summed E-state index contributed by atoms with van der Waals surface area (Å²) in [5.74, 6) is -4.66. The Labute approximate surface area is 111 Å². The van der Waals surface area contributed by atoms with E-state index in [0.717, 1.165) is 12.3 Å². The SMILES string of the molecule is O=C(O)c1ccc(NC(=O)c2ccnc(F)c2F)cc1. The maximum atomic E-state index is 13.3. The molecular formula is C13H8F2N2O3. The Morgan fingerprint density at radius 2 is 1.75 bits per heavy atom. The van der Waals surface area contributed by atoms with Crippen molar-refractivity contribution in [1.29, 1.82) is 0 Å². The molecular weight excluding hydrogens is 270 g/mol. The Bertz CT molecular complexity index is 672. The molecule has 0 saturated heterocycles. The van der Waals surface area contributed by atoms with Crippen LogP contribution < -0.4 is 5.32 Å². The van der Waals surface area contributed by atoms with E-state index in [1.54, 1.807) is 0 Å². The molecule has 1 amide bonds. The van der Waals surface area contributed by atoms with Crippen LogP contribution in [0.25, 0.3) is 0 Å². The smallest absolute Gasteiger partial charge is 0.335 e. The van der Waals surface area contributed by atoms with Crippen LogP contribution in [0.2, 0.25) is 0 Å². The number of carboxylic acids is 1. The zero-order valence-corrected chi connectivity index (χ0v) is 9.93. The van der Waals surface area contributed by atoms with Gasteiger partial charge in [-0.05, 0) is 30.3 Å². The summed E-state index contributed by atoms with van der Waals surface area (Å²) in [5.41, 5.74) is -0.180. The summed E-state index contributed by atoms with van der Waals surface area (Å²) in [6.45, 7) is 0. The molecule has 0 unspecified atom stereocenters. The number of hydrogen-bond donors (Lipinski definition) is 2. The molecule has 0 fully saturated rings. The largest absolute Gasteiger partial charge is 0.478 e. The molecule has 0 radical (unpaired) electrons. The highest BCUT2D eigenvalue weighted by atomic mass is 19.2. The van der Waals surface area contributed by atoms with E-state index in [9.17, 15) is 18.4 Å². The molecule has 2 aromatic rings. The van der Waals surface area contributed by atoms with Crippen LogP contribution in [0.1, 0.15) is 20.7 Å². The Balaban J connectivity index is 2.19. The number of amides is 1. The van der Waals surface area contributed by atoms with E-state index in [1.807, 2.05) is 0 Å². The zero-order chi connectivity index (χ0) is 14.7. The number of rotatable bonds is 3. The van der Waals surface area contributed by atoms with Gasteiger partial charge in [0.25, 0.3) is 5.91 Å². The average molecular weight is 278 g/mol. The fourth-order valence-corrected chi connectivity index (χ4v) is 1.49. The van der Waals surface area contributed by atoms with Gasteiger partial charge in [-0.2, -0.15) is 4.39 Å². The summed E-state index contributed by atoms with van der Waals surface area (Å²) >= 11 is 0. The number of aromatic carboxylic acids is 1. The lowest BCUT2D eigenvalue weighted by Gasteiger charge is -2.06. The molecule has 0 aliphatic rings. The van der Waals surface area contributed by atoms with Gasteiger partial charge in [-0.25, -0.2) is 14.2 Å². The molecule has 1 aromatic carbocycles. The predicted molar refractivity (Wildman–Crippen MR) is 65.5 cm³/mol. The molecule has 0 bridgehead atoms. The van der Waals surface area contributed by atoms with E-state index < -0.39 is 29.2 Å². The third kappa shape index (κ3) is 2.77. The number of carboxylic acid groups (broad SMARTS) is 1. The lowest BCUT2D eigenvalue weighted by molar-refractivity contribution is 0.0696. The quantitative estimate of drug-likeness (QED) is 0.844. The molecule has 0 saturated carbocycles. The Morgan fingerprint density at radius 1 is 1.10 bits per heavy atom. The summed E-state index contributed by atoms with van der Waals surface area (Å²) < 4.78 is 26.2. The van der Waals surface area contributed by atoms with E-state index in [-0.39, 0.29) is 11.3 Å². The van der Waals surface area contributed by atoms with Crippen molar-refractivity contribution in [2.45, 2.75) is 0 Å². The standard InChI is InChI=1S/C13H8F2N2O3/c14-10-9(5-6-16-11(10)15)12(18)17-8-3-1-7(2-4-8)13(19)20/h1-6H,(H,17,18)(H,19,20). The highest BCUT2D eigenvalue weighted by Gasteiger charge is 2.16. The molecule has 102 valence electrons. The minimum Gasteiger partial charge on any atom is -0.478 e. The molecule has 0 aliphatic carbocycles. The van der Waals surface area contributed by atoms with Crippen molar-refractivity contribution in [3.63, 3.8) is 0 Å². The first-order valence-corrected chi connectivity index (χ1v) is 5.44. The zero-order valence-electron chi connectivity index (χ0n) is 9.93. The fourth-order valence-electron chi connectivity index (χ4n) is 1.49. The van der Waals surface area contributed by atoms with Gasteiger partial charge < -0.3 is 10.4 Å². The summed E-state index contributed by atoms with van der Waals surface area (Å²) in [6.07, 6.45) is 0.973. The van der Waals surface area contributed by atoms with Gasteiger partial charge in [0, 0.05) is 11.9 Å². The topological polar surface area (TPSA) is 79.3 Å². The van der Waals surface area contributed by atoms with Crippen molar-refractivity contribution in [3.8, 4) is 0 Å². The lowest BCUT2D eigenvalue weighted by atomic mass is 10.2. The number of carbonyl (C=O) groups excluding carboxylic acids is 1. The minimum atomic E-state index is -1.36. The van der Waals surface area contributed by atoms with Crippen molar-refractivity contribution in [2.24, 2.45) is 0 Å². The van der Waals surface area contributed by atoms with Gasteiger partial charge in [0.1, 0.15) is 0 Å². The first-order chi connectivity index (χ1) is 9.49. The van der Waals surface area contributed by atoms with Crippen LogP contribution in [0.4, 0.5) is 14.5 Å². The number of anilines is 1. The molecule has 2 rings (SSSR count). The predicted octanol–water partition coefficient (Wildman–Crippen LogP) is 2.31. The second kappa shape index (κ2) is 5.43. The van der Waals surface area contributed by atoms with Crippen LogP contribution in [0.3, 0.4) is 0 Å². The molecule has 0 aliphatic heterocycles. The van der Waals surface area contributed by atoms with Gasteiger partial charge in [0.05, 0.1) is 11.1 Å². The maximum absolute atomic E-state index is 13.3. The Hall–Kier alpha value is -2.83. The van der Waals surface area contributed by atoms with Crippen LogP contribution in [0.5, 0.6) is 0 Å². The van der Waals surface area contributed by atoms with Crippen molar-refractivity contribution in [3.05, 3.63) is 59.4 Å². The summed E-state index contributed by atoms with van der Waals surface area (Å²) in [7, 11) is 0. The summed E-state index contributed by atoms with van der Waals surface area (Å²) in [4.78, 5) is 25.5. The van der Waals surface area contributed by atoms with Crippen LogP contribution >= 0.6 is 0 Å². The van der Waals surface area contributed by atoms with Crippen LogP contribution in [0, 0.1) is 11.8 Å². The molecule has 5 nitrogen and oxygen atoms in total. The van der Waals surface area contributed by atoms with Gasteiger partial charge in [-0.3, -0.25) is 4.79 Å². The second-order valence-electron chi connectivity index (χ2n) is 3.80. The molecule has 0 atom stereocenters. The highest BCUT2D eigenvalue weighted by Crippen LogP contribution is 2.14. The number of nitrogens with one attached hydrogen (secondary N) is 1. The number of aromatic nitrogens is 1. The lowest BCUT2D eigenvalue weighted by Crippen LogP contribution is -2.15. The average Bonchev–Trinajstić information content (AvgIpc) is 2.42. The third-order valence-corrected chi connectivity index (χ3v) is 2.48. The van der Waals surface area contributed by atoms with Crippen LogP contribution in [-0.4, -0.2) is 22.0 Å². The number of pyridine rings is 1. The van der Waals surface area contributed by atoms with E-state index in [0.29, 0.717) is 0 Å².